The number of nitrogens with zero attached hydrogens (tertiary/aromatic N) is 1. The minimum Gasteiger partial charge on any atom is -0.394 e. The zero-order valence-corrected chi connectivity index (χ0v) is 12.5. The van der Waals surface area contributed by atoms with E-state index in [1.807, 2.05) is 44.2 Å². The number of amides is 2. The molecule has 0 radical (unpaired) electrons. The summed E-state index contributed by atoms with van der Waals surface area (Å²) < 4.78 is 0. The fraction of sp³-hybridized carbons (Fsp3) is 0.500. The second-order valence-electron chi connectivity index (χ2n) is 5.70. The van der Waals surface area contributed by atoms with E-state index in [0.717, 1.165) is 5.56 Å². The number of rotatable bonds is 5. The van der Waals surface area contributed by atoms with Crippen molar-refractivity contribution >= 4 is 11.8 Å². The molecule has 1 unspecified atom stereocenters. The van der Waals surface area contributed by atoms with Crippen molar-refractivity contribution in [2.24, 2.45) is 5.92 Å². The third-order valence-corrected chi connectivity index (χ3v) is 3.85. The molecular formula is C16H22N2O3. The zero-order valence-electron chi connectivity index (χ0n) is 12.5. The van der Waals surface area contributed by atoms with Crippen LogP contribution in [0.15, 0.2) is 30.3 Å². The Labute approximate surface area is 125 Å². The fourth-order valence-corrected chi connectivity index (χ4v) is 2.62. The molecule has 1 saturated heterocycles. The highest BCUT2D eigenvalue weighted by atomic mass is 16.3. The van der Waals surface area contributed by atoms with Crippen LogP contribution in [0.2, 0.25) is 0 Å². The molecule has 1 aromatic rings. The molecule has 1 aliphatic heterocycles. The number of aliphatic hydroxyl groups excluding tert-OH is 1. The minimum atomic E-state index is -0.429. The molecule has 0 aliphatic carbocycles. The van der Waals surface area contributed by atoms with E-state index in [1.165, 1.54) is 0 Å². The number of aliphatic hydroxyl groups is 1. The molecule has 1 heterocycles. The first-order valence-corrected chi connectivity index (χ1v) is 7.28. The average molecular weight is 290 g/mol. The largest absolute Gasteiger partial charge is 0.394 e. The highest BCUT2D eigenvalue weighted by Crippen LogP contribution is 2.21. The third kappa shape index (κ3) is 3.61. The molecule has 0 spiro atoms. The summed E-state index contributed by atoms with van der Waals surface area (Å²) >= 11 is 0. The molecule has 0 aromatic heterocycles. The summed E-state index contributed by atoms with van der Waals surface area (Å²) in [4.78, 5) is 25.9. The molecule has 2 rings (SSSR count). The quantitative estimate of drug-likeness (QED) is 0.853. The molecule has 5 heteroatoms. The van der Waals surface area contributed by atoms with Crippen molar-refractivity contribution in [3.63, 3.8) is 0 Å². The lowest BCUT2D eigenvalue weighted by Gasteiger charge is -2.22. The van der Waals surface area contributed by atoms with Gasteiger partial charge in [0.1, 0.15) is 0 Å². The third-order valence-electron chi connectivity index (χ3n) is 3.85. The monoisotopic (exact) mass is 290 g/mol. The molecule has 2 N–H and O–H groups in total. The van der Waals surface area contributed by atoms with Crippen LogP contribution >= 0.6 is 0 Å². The molecule has 1 aliphatic rings. The van der Waals surface area contributed by atoms with E-state index in [4.69, 9.17) is 0 Å². The number of carbonyl (C=O) groups excluding carboxylic acids is 2. The Balaban J connectivity index is 2.00. The van der Waals surface area contributed by atoms with Gasteiger partial charge < -0.3 is 15.3 Å². The Kier molecular flexibility index (Phi) is 4.96. The molecule has 114 valence electrons. The van der Waals surface area contributed by atoms with Gasteiger partial charge in [0.05, 0.1) is 18.6 Å². The van der Waals surface area contributed by atoms with Gasteiger partial charge in [-0.05, 0) is 19.4 Å². The lowest BCUT2D eigenvalue weighted by Crippen LogP contribution is -2.38. The van der Waals surface area contributed by atoms with Crippen molar-refractivity contribution in [3.8, 4) is 0 Å². The second kappa shape index (κ2) is 6.72. The maximum atomic E-state index is 12.3. The van der Waals surface area contributed by atoms with Crippen LogP contribution in [-0.4, -0.2) is 41.0 Å². The molecule has 21 heavy (non-hydrogen) atoms. The first kappa shape index (κ1) is 15.5. The molecule has 0 bridgehead atoms. The van der Waals surface area contributed by atoms with Crippen molar-refractivity contribution < 1.29 is 14.7 Å². The van der Waals surface area contributed by atoms with Crippen LogP contribution in [0, 0.1) is 5.92 Å². The summed E-state index contributed by atoms with van der Waals surface area (Å²) in [5, 5.41) is 12.3. The number of benzene rings is 1. The van der Waals surface area contributed by atoms with E-state index in [-0.39, 0.29) is 36.8 Å². The van der Waals surface area contributed by atoms with Crippen LogP contribution in [0.1, 0.15) is 31.9 Å². The fourth-order valence-electron chi connectivity index (χ4n) is 2.62. The zero-order chi connectivity index (χ0) is 15.4. The standard InChI is InChI=1S/C16H22N2O3/c1-11(2)18-9-13(8-15(18)20)16(21)17-14(10-19)12-6-4-3-5-7-12/h3-7,11,13-14,19H,8-10H2,1-2H3,(H,17,21)/t13?,14-/m1/s1. The topological polar surface area (TPSA) is 69.6 Å². The summed E-state index contributed by atoms with van der Waals surface area (Å²) in [5.74, 6) is -0.488. The molecule has 5 nitrogen and oxygen atoms in total. The molecule has 1 aromatic carbocycles. The van der Waals surface area contributed by atoms with Crippen LogP contribution in [-0.2, 0) is 9.59 Å². The lowest BCUT2D eigenvalue weighted by molar-refractivity contribution is -0.130. The van der Waals surface area contributed by atoms with Gasteiger partial charge in [-0.25, -0.2) is 0 Å². The number of nitrogens with one attached hydrogen (secondary N) is 1. The summed E-state index contributed by atoms with van der Waals surface area (Å²) in [6.07, 6.45) is 0.247. The highest BCUT2D eigenvalue weighted by molar-refractivity contribution is 5.89. The van der Waals surface area contributed by atoms with E-state index in [0.29, 0.717) is 6.54 Å². The summed E-state index contributed by atoms with van der Waals surface area (Å²) in [6, 6.07) is 9.02. The Morgan fingerprint density at radius 2 is 2.05 bits per heavy atom. The van der Waals surface area contributed by atoms with Crippen molar-refractivity contribution in [2.45, 2.75) is 32.4 Å². The molecule has 1 fully saturated rings. The van der Waals surface area contributed by atoms with Gasteiger partial charge in [0.2, 0.25) is 11.8 Å². The van der Waals surface area contributed by atoms with Crippen molar-refractivity contribution in [2.75, 3.05) is 13.2 Å². The molecule has 2 atom stereocenters. The smallest absolute Gasteiger partial charge is 0.225 e. The minimum absolute atomic E-state index is 0.0189. The van der Waals surface area contributed by atoms with E-state index < -0.39 is 6.04 Å². The Bertz CT molecular complexity index is 502. The predicted molar refractivity (Wildman–Crippen MR) is 79.4 cm³/mol. The number of hydrogen-bond acceptors (Lipinski definition) is 3. The molecular weight excluding hydrogens is 268 g/mol. The van der Waals surface area contributed by atoms with Gasteiger partial charge in [0.25, 0.3) is 0 Å². The SMILES string of the molecule is CC(C)N1CC(C(=O)N[C@H](CO)c2ccccc2)CC1=O. The Hall–Kier alpha value is -1.88. The molecule has 2 amide bonds. The average Bonchev–Trinajstić information content (AvgIpc) is 2.87. The highest BCUT2D eigenvalue weighted by Gasteiger charge is 2.36. The van der Waals surface area contributed by atoms with E-state index in [1.54, 1.807) is 4.90 Å². The van der Waals surface area contributed by atoms with Gasteiger partial charge in [-0.1, -0.05) is 30.3 Å². The van der Waals surface area contributed by atoms with Crippen LogP contribution < -0.4 is 5.32 Å². The molecule has 0 saturated carbocycles. The summed E-state index contributed by atoms with van der Waals surface area (Å²) in [7, 11) is 0. The van der Waals surface area contributed by atoms with E-state index in [9.17, 15) is 14.7 Å². The van der Waals surface area contributed by atoms with E-state index in [2.05, 4.69) is 5.32 Å². The Morgan fingerprint density at radius 3 is 2.57 bits per heavy atom. The van der Waals surface area contributed by atoms with Crippen molar-refractivity contribution in [3.05, 3.63) is 35.9 Å². The lowest BCUT2D eigenvalue weighted by atomic mass is 10.0. The predicted octanol–water partition coefficient (Wildman–Crippen LogP) is 1.09. The second-order valence-corrected chi connectivity index (χ2v) is 5.70. The van der Waals surface area contributed by atoms with Crippen LogP contribution in [0.4, 0.5) is 0 Å². The first-order chi connectivity index (χ1) is 10.0. The van der Waals surface area contributed by atoms with Gasteiger partial charge in [0.15, 0.2) is 0 Å². The van der Waals surface area contributed by atoms with Gasteiger partial charge in [0, 0.05) is 19.0 Å². The number of likely N-dealkylation sites (tertiary alicyclic amines) is 1. The van der Waals surface area contributed by atoms with Crippen molar-refractivity contribution in [1.29, 1.82) is 0 Å². The maximum absolute atomic E-state index is 12.3. The first-order valence-electron chi connectivity index (χ1n) is 7.28. The Morgan fingerprint density at radius 1 is 1.38 bits per heavy atom. The van der Waals surface area contributed by atoms with Gasteiger partial charge in [-0.3, -0.25) is 9.59 Å². The maximum Gasteiger partial charge on any atom is 0.225 e. The van der Waals surface area contributed by atoms with Crippen LogP contribution in [0.25, 0.3) is 0 Å². The number of hydrogen-bond donors (Lipinski definition) is 2. The van der Waals surface area contributed by atoms with Gasteiger partial charge >= 0.3 is 0 Å². The van der Waals surface area contributed by atoms with Crippen LogP contribution in [0.5, 0.6) is 0 Å². The van der Waals surface area contributed by atoms with Gasteiger partial charge in [-0.15, -0.1) is 0 Å². The number of carbonyl (C=O) groups is 2. The van der Waals surface area contributed by atoms with E-state index >= 15 is 0 Å². The van der Waals surface area contributed by atoms with Crippen LogP contribution in [0.3, 0.4) is 0 Å². The van der Waals surface area contributed by atoms with Crippen molar-refractivity contribution in [1.82, 2.24) is 10.2 Å². The summed E-state index contributed by atoms with van der Waals surface area (Å²) in [5.41, 5.74) is 0.860. The summed E-state index contributed by atoms with van der Waals surface area (Å²) in [6.45, 7) is 4.18. The normalized spacial score (nSPS) is 19.9. The van der Waals surface area contributed by atoms with Gasteiger partial charge in [-0.2, -0.15) is 0 Å².